The number of amides is 1. The van der Waals surface area contributed by atoms with Gasteiger partial charge in [-0.1, -0.05) is 0 Å². The molecule has 27 heavy (non-hydrogen) atoms. The van der Waals surface area contributed by atoms with Gasteiger partial charge in [0.15, 0.2) is 0 Å². The topological polar surface area (TPSA) is 80.1 Å². The summed E-state index contributed by atoms with van der Waals surface area (Å²) >= 11 is 0. The van der Waals surface area contributed by atoms with Crippen LogP contribution in [0.2, 0.25) is 0 Å². The molecule has 0 unspecified atom stereocenters. The molecule has 1 N–H and O–H groups in total. The number of rotatable bonds is 5. The lowest BCUT2D eigenvalue weighted by Crippen LogP contribution is -2.43. The van der Waals surface area contributed by atoms with Crippen molar-refractivity contribution in [2.45, 2.75) is 40.2 Å². The zero-order chi connectivity index (χ0) is 19.4. The number of piperidine rings is 1. The number of anilines is 1. The van der Waals surface area contributed by atoms with Crippen LogP contribution >= 0.6 is 0 Å². The first kappa shape index (κ1) is 19.1. The Bertz CT molecular complexity index is 863. The number of hydrogen-bond donors (Lipinski definition) is 1. The van der Waals surface area contributed by atoms with Crippen LogP contribution in [-0.2, 0) is 6.54 Å². The standard InChI is InChI=1S/C20H27N5O2/c1-4-25-15(3)11-14(2)17(19(25)27)18(26)23-12-16-7-5-10-24(13-16)20-21-8-6-9-22-20/h6,8-9,11,16H,4-5,7,10,12-13H2,1-3H3,(H,23,26)/t16-/m0/s1. The summed E-state index contributed by atoms with van der Waals surface area (Å²) in [5.41, 5.74) is 1.64. The fourth-order valence-corrected chi connectivity index (χ4v) is 3.79. The Morgan fingerprint density at radius 1 is 1.30 bits per heavy atom. The van der Waals surface area contributed by atoms with Crippen LogP contribution in [0.4, 0.5) is 5.95 Å². The van der Waals surface area contributed by atoms with Crippen LogP contribution < -0.4 is 15.8 Å². The van der Waals surface area contributed by atoms with E-state index in [1.54, 1.807) is 23.0 Å². The highest BCUT2D eigenvalue weighted by atomic mass is 16.2. The zero-order valence-electron chi connectivity index (χ0n) is 16.2. The molecule has 0 bridgehead atoms. The Morgan fingerprint density at radius 3 is 2.74 bits per heavy atom. The van der Waals surface area contributed by atoms with Crippen molar-refractivity contribution in [3.63, 3.8) is 0 Å². The largest absolute Gasteiger partial charge is 0.352 e. The molecule has 0 spiro atoms. The average molecular weight is 369 g/mol. The van der Waals surface area contributed by atoms with E-state index in [9.17, 15) is 9.59 Å². The maximum absolute atomic E-state index is 12.7. The van der Waals surface area contributed by atoms with E-state index in [2.05, 4.69) is 20.2 Å². The minimum atomic E-state index is -0.284. The van der Waals surface area contributed by atoms with Gasteiger partial charge in [-0.25, -0.2) is 9.97 Å². The molecule has 1 fully saturated rings. The number of aryl methyl sites for hydroxylation is 2. The molecule has 2 aromatic rings. The smallest absolute Gasteiger partial charge is 0.263 e. The predicted octanol–water partition coefficient (Wildman–Crippen LogP) is 1.92. The molecular formula is C20H27N5O2. The van der Waals surface area contributed by atoms with Gasteiger partial charge in [-0.3, -0.25) is 9.59 Å². The lowest BCUT2D eigenvalue weighted by atomic mass is 9.98. The molecule has 1 aliphatic heterocycles. The molecule has 0 aliphatic carbocycles. The fourth-order valence-electron chi connectivity index (χ4n) is 3.79. The number of hydrogen-bond acceptors (Lipinski definition) is 5. The normalized spacial score (nSPS) is 17.0. The summed E-state index contributed by atoms with van der Waals surface area (Å²) in [7, 11) is 0. The molecule has 3 heterocycles. The van der Waals surface area contributed by atoms with E-state index in [1.807, 2.05) is 26.8 Å². The minimum Gasteiger partial charge on any atom is -0.352 e. The van der Waals surface area contributed by atoms with Crippen molar-refractivity contribution in [2.75, 3.05) is 24.5 Å². The van der Waals surface area contributed by atoms with Gasteiger partial charge in [0.1, 0.15) is 5.56 Å². The van der Waals surface area contributed by atoms with E-state index in [1.165, 1.54) is 0 Å². The summed E-state index contributed by atoms with van der Waals surface area (Å²) in [5, 5.41) is 2.97. The highest BCUT2D eigenvalue weighted by Gasteiger charge is 2.23. The average Bonchev–Trinajstić information content (AvgIpc) is 2.67. The molecule has 1 saturated heterocycles. The van der Waals surface area contributed by atoms with E-state index in [0.29, 0.717) is 19.0 Å². The van der Waals surface area contributed by atoms with Crippen molar-refractivity contribution in [3.05, 3.63) is 51.7 Å². The van der Waals surface area contributed by atoms with Gasteiger partial charge in [0.2, 0.25) is 5.95 Å². The van der Waals surface area contributed by atoms with Crippen LogP contribution in [-0.4, -0.2) is 40.1 Å². The molecule has 144 valence electrons. The second-order valence-electron chi connectivity index (χ2n) is 7.11. The van der Waals surface area contributed by atoms with Crippen LogP contribution in [0.5, 0.6) is 0 Å². The number of nitrogens with one attached hydrogen (secondary N) is 1. The van der Waals surface area contributed by atoms with Crippen molar-refractivity contribution < 1.29 is 4.79 Å². The third kappa shape index (κ3) is 4.18. The van der Waals surface area contributed by atoms with Gasteiger partial charge in [-0.2, -0.15) is 0 Å². The van der Waals surface area contributed by atoms with Crippen LogP contribution in [0, 0.1) is 19.8 Å². The molecule has 2 aromatic heterocycles. The third-order valence-corrected chi connectivity index (χ3v) is 5.15. The number of pyridine rings is 1. The van der Waals surface area contributed by atoms with E-state index < -0.39 is 0 Å². The molecule has 1 atom stereocenters. The van der Waals surface area contributed by atoms with Crippen LogP contribution in [0.15, 0.2) is 29.3 Å². The lowest BCUT2D eigenvalue weighted by molar-refractivity contribution is 0.0943. The first-order valence-electron chi connectivity index (χ1n) is 9.52. The molecule has 1 aliphatic rings. The van der Waals surface area contributed by atoms with E-state index in [4.69, 9.17) is 0 Å². The van der Waals surface area contributed by atoms with Gasteiger partial charge in [-0.15, -0.1) is 0 Å². The minimum absolute atomic E-state index is 0.213. The second kappa shape index (κ2) is 8.33. The Balaban J connectivity index is 1.67. The number of aromatic nitrogens is 3. The monoisotopic (exact) mass is 369 g/mol. The molecule has 7 heteroatoms. The van der Waals surface area contributed by atoms with E-state index >= 15 is 0 Å². The van der Waals surface area contributed by atoms with Crippen LogP contribution in [0.25, 0.3) is 0 Å². The van der Waals surface area contributed by atoms with Crippen LogP contribution in [0.3, 0.4) is 0 Å². The fraction of sp³-hybridized carbons (Fsp3) is 0.500. The first-order chi connectivity index (χ1) is 13.0. The Kier molecular flexibility index (Phi) is 5.88. The van der Waals surface area contributed by atoms with Gasteiger partial charge in [0.05, 0.1) is 0 Å². The van der Waals surface area contributed by atoms with Gasteiger partial charge in [-0.05, 0) is 57.2 Å². The third-order valence-electron chi connectivity index (χ3n) is 5.15. The summed E-state index contributed by atoms with van der Waals surface area (Å²) in [6.45, 7) is 8.44. The zero-order valence-corrected chi connectivity index (χ0v) is 16.2. The molecular weight excluding hydrogens is 342 g/mol. The van der Waals surface area contributed by atoms with Gasteiger partial charge in [0.25, 0.3) is 11.5 Å². The van der Waals surface area contributed by atoms with Gasteiger partial charge in [0, 0.05) is 44.3 Å². The number of carbonyl (C=O) groups excluding carboxylic acids is 1. The lowest BCUT2D eigenvalue weighted by Gasteiger charge is -2.32. The van der Waals surface area contributed by atoms with Gasteiger partial charge < -0.3 is 14.8 Å². The number of nitrogens with zero attached hydrogens (tertiary/aromatic N) is 4. The van der Waals surface area contributed by atoms with Crippen molar-refractivity contribution in [3.8, 4) is 0 Å². The van der Waals surface area contributed by atoms with Crippen LogP contribution in [0.1, 0.15) is 41.4 Å². The second-order valence-corrected chi connectivity index (χ2v) is 7.11. The highest BCUT2D eigenvalue weighted by Crippen LogP contribution is 2.19. The molecule has 0 radical (unpaired) electrons. The maximum atomic E-state index is 12.7. The Hall–Kier alpha value is -2.70. The molecule has 0 saturated carbocycles. The van der Waals surface area contributed by atoms with E-state index in [0.717, 1.165) is 43.1 Å². The molecule has 3 rings (SSSR count). The summed E-state index contributed by atoms with van der Waals surface area (Å²) in [6.07, 6.45) is 5.56. The first-order valence-corrected chi connectivity index (χ1v) is 9.52. The highest BCUT2D eigenvalue weighted by molar-refractivity contribution is 5.95. The van der Waals surface area contributed by atoms with E-state index in [-0.39, 0.29) is 17.0 Å². The summed E-state index contributed by atoms with van der Waals surface area (Å²) in [4.78, 5) is 36.1. The summed E-state index contributed by atoms with van der Waals surface area (Å²) in [6, 6.07) is 3.70. The quantitative estimate of drug-likeness (QED) is 0.871. The van der Waals surface area contributed by atoms with Crippen molar-refractivity contribution in [2.24, 2.45) is 5.92 Å². The van der Waals surface area contributed by atoms with Crippen molar-refractivity contribution in [1.29, 1.82) is 0 Å². The Morgan fingerprint density at radius 2 is 2.04 bits per heavy atom. The molecule has 7 nitrogen and oxygen atoms in total. The van der Waals surface area contributed by atoms with Crippen molar-refractivity contribution in [1.82, 2.24) is 19.9 Å². The predicted molar refractivity (Wildman–Crippen MR) is 105 cm³/mol. The van der Waals surface area contributed by atoms with Gasteiger partial charge >= 0.3 is 0 Å². The molecule has 1 amide bonds. The summed E-state index contributed by atoms with van der Waals surface area (Å²) in [5.74, 6) is 0.757. The maximum Gasteiger partial charge on any atom is 0.263 e. The Labute approximate surface area is 159 Å². The van der Waals surface area contributed by atoms with Crippen molar-refractivity contribution >= 4 is 11.9 Å². The molecule has 0 aromatic carbocycles. The SMILES string of the molecule is CCn1c(C)cc(C)c(C(=O)NC[C@@H]2CCCN(c3ncccn3)C2)c1=O. The summed E-state index contributed by atoms with van der Waals surface area (Å²) < 4.78 is 1.64. The number of carbonyl (C=O) groups is 1.